The molecule has 0 aromatic heterocycles. The summed E-state index contributed by atoms with van der Waals surface area (Å²) in [7, 11) is 1.39. The Morgan fingerprint density at radius 1 is 1.21 bits per heavy atom. The number of methoxy groups -OCH3 is 1. The standard InChI is InChI=1S/C13H23N3O3/c1-19-12(18)10-15-5-7-16(8-6-15)11(17)9-13(14)3-2-4-13/h2-10,14H2,1H3. The first kappa shape index (κ1) is 14.3. The molecule has 1 aliphatic carbocycles. The number of amides is 1. The zero-order valence-corrected chi connectivity index (χ0v) is 11.6. The van der Waals surface area contributed by atoms with Crippen LogP contribution in [0.4, 0.5) is 0 Å². The van der Waals surface area contributed by atoms with Gasteiger partial charge in [-0.2, -0.15) is 0 Å². The molecule has 0 radical (unpaired) electrons. The highest BCUT2D eigenvalue weighted by Crippen LogP contribution is 2.32. The molecule has 0 spiro atoms. The Morgan fingerprint density at radius 2 is 1.84 bits per heavy atom. The van der Waals surface area contributed by atoms with Crippen molar-refractivity contribution in [2.24, 2.45) is 5.73 Å². The molecule has 19 heavy (non-hydrogen) atoms. The van der Waals surface area contributed by atoms with Gasteiger partial charge in [0, 0.05) is 38.1 Å². The van der Waals surface area contributed by atoms with Gasteiger partial charge < -0.3 is 15.4 Å². The molecule has 0 aromatic rings. The summed E-state index contributed by atoms with van der Waals surface area (Å²) >= 11 is 0. The summed E-state index contributed by atoms with van der Waals surface area (Å²) in [5, 5.41) is 0. The maximum atomic E-state index is 12.1. The summed E-state index contributed by atoms with van der Waals surface area (Å²) in [5.74, 6) is -0.0740. The summed E-state index contributed by atoms with van der Waals surface area (Å²) in [5.41, 5.74) is 5.85. The molecule has 2 aliphatic rings. The fourth-order valence-electron chi connectivity index (χ4n) is 2.62. The van der Waals surface area contributed by atoms with E-state index in [0.717, 1.165) is 32.4 Å². The second-order valence-electron chi connectivity index (χ2n) is 5.63. The third kappa shape index (κ3) is 3.67. The maximum Gasteiger partial charge on any atom is 0.319 e. The van der Waals surface area contributed by atoms with Crippen LogP contribution in [-0.2, 0) is 14.3 Å². The average molecular weight is 269 g/mol. The minimum atomic E-state index is -0.250. The van der Waals surface area contributed by atoms with Crippen LogP contribution < -0.4 is 5.73 Å². The molecule has 1 saturated carbocycles. The van der Waals surface area contributed by atoms with Crippen molar-refractivity contribution in [2.75, 3.05) is 39.8 Å². The quantitative estimate of drug-likeness (QED) is 0.701. The Kier molecular flexibility index (Phi) is 4.42. The minimum Gasteiger partial charge on any atom is -0.468 e. The Hall–Kier alpha value is -1.14. The lowest BCUT2D eigenvalue weighted by atomic mass is 9.75. The molecule has 0 bridgehead atoms. The molecule has 0 aromatic carbocycles. The van der Waals surface area contributed by atoms with Crippen molar-refractivity contribution >= 4 is 11.9 Å². The van der Waals surface area contributed by atoms with E-state index in [0.29, 0.717) is 26.1 Å². The van der Waals surface area contributed by atoms with Crippen LogP contribution in [0.25, 0.3) is 0 Å². The fraction of sp³-hybridized carbons (Fsp3) is 0.846. The zero-order chi connectivity index (χ0) is 13.9. The second-order valence-corrected chi connectivity index (χ2v) is 5.63. The lowest BCUT2D eigenvalue weighted by Crippen LogP contribution is -2.54. The zero-order valence-electron chi connectivity index (χ0n) is 11.6. The van der Waals surface area contributed by atoms with Crippen LogP contribution in [0.2, 0.25) is 0 Å². The van der Waals surface area contributed by atoms with Gasteiger partial charge in [-0.1, -0.05) is 0 Å². The van der Waals surface area contributed by atoms with Crippen LogP contribution in [0.15, 0.2) is 0 Å². The van der Waals surface area contributed by atoms with Crippen molar-refractivity contribution in [3.8, 4) is 0 Å². The van der Waals surface area contributed by atoms with E-state index >= 15 is 0 Å². The SMILES string of the molecule is COC(=O)CN1CCN(C(=O)CC2(N)CCC2)CC1. The van der Waals surface area contributed by atoms with Crippen LogP contribution in [0.1, 0.15) is 25.7 Å². The van der Waals surface area contributed by atoms with Crippen LogP contribution in [-0.4, -0.2) is 67.0 Å². The molecule has 6 nitrogen and oxygen atoms in total. The highest BCUT2D eigenvalue weighted by Gasteiger charge is 2.36. The predicted octanol–water partition coefficient (Wildman–Crippen LogP) is -0.425. The van der Waals surface area contributed by atoms with Gasteiger partial charge in [-0.25, -0.2) is 0 Å². The van der Waals surface area contributed by atoms with Gasteiger partial charge in [0.15, 0.2) is 0 Å². The number of carbonyl (C=O) groups is 2. The minimum absolute atomic E-state index is 0.153. The molecule has 1 aliphatic heterocycles. The molecule has 2 fully saturated rings. The van der Waals surface area contributed by atoms with E-state index in [1.54, 1.807) is 0 Å². The van der Waals surface area contributed by atoms with E-state index < -0.39 is 0 Å². The number of rotatable bonds is 4. The van der Waals surface area contributed by atoms with Gasteiger partial charge in [0.1, 0.15) is 0 Å². The third-order valence-corrected chi connectivity index (χ3v) is 4.16. The van der Waals surface area contributed by atoms with Gasteiger partial charge in [-0.15, -0.1) is 0 Å². The normalized spacial score (nSPS) is 22.7. The molecule has 1 heterocycles. The van der Waals surface area contributed by atoms with Crippen LogP contribution in [0.3, 0.4) is 0 Å². The number of hydrogen-bond acceptors (Lipinski definition) is 5. The van der Waals surface area contributed by atoms with E-state index in [1.807, 2.05) is 9.80 Å². The molecular weight excluding hydrogens is 246 g/mol. The molecule has 6 heteroatoms. The fourth-order valence-corrected chi connectivity index (χ4v) is 2.62. The first-order valence-corrected chi connectivity index (χ1v) is 6.88. The lowest BCUT2D eigenvalue weighted by molar-refractivity contribution is -0.142. The number of nitrogens with zero attached hydrogens (tertiary/aromatic N) is 2. The van der Waals surface area contributed by atoms with Crippen molar-refractivity contribution in [1.82, 2.24) is 9.80 Å². The van der Waals surface area contributed by atoms with Gasteiger partial charge in [-0.3, -0.25) is 14.5 Å². The number of nitrogens with two attached hydrogens (primary N) is 1. The first-order valence-electron chi connectivity index (χ1n) is 6.88. The summed E-state index contributed by atoms with van der Waals surface area (Å²) in [6.07, 6.45) is 3.52. The summed E-state index contributed by atoms with van der Waals surface area (Å²) in [4.78, 5) is 27.2. The maximum absolute atomic E-state index is 12.1. The van der Waals surface area contributed by atoms with Gasteiger partial charge in [0.05, 0.1) is 13.7 Å². The van der Waals surface area contributed by atoms with Crippen molar-refractivity contribution in [3.63, 3.8) is 0 Å². The summed E-state index contributed by atoms with van der Waals surface area (Å²) in [6.45, 7) is 3.09. The highest BCUT2D eigenvalue weighted by molar-refractivity contribution is 5.78. The Morgan fingerprint density at radius 3 is 2.32 bits per heavy atom. The van der Waals surface area contributed by atoms with Gasteiger partial charge in [0.25, 0.3) is 0 Å². The second kappa shape index (κ2) is 5.88. The van der Waals surface area contributed by atoms with Crippen molar-refractivity contribution in [2.45, 2.75) is 31.2 Å². The van der Waals surface area contributed by atoms with Crippen molar-refractivity contribution < 1.29 is 14.3 Å². The van der Waals surface area contributed by atoms with Crippen LogP contribution in [0, 0.1) is 0 Å². The Labute approximate surface area is 113 Å². The molecule has 2 rings (SSSR count). The van der Waals surface area contributed by atoms with E-state index in [-0.39, 0.29) is 17.4 Å². The molecule has 0 unspecified atom stereocenters. The van der Waals surface area contributed by atoms with Crippen molar-refractivity contribution in [1.29, 1.82) is 0 Å². The number of esters is 1. The lowest BCUT2D eigenvalue weighted by Gasteiger charge is -2.40. The Bertz CT molecular complexity index is 347. The summed E-state index contributed by atoms with van der Waals surface area (Å²) in [6, 6.07) is 0. The van der Waals surface area contributed by atoms with Crippen LogP contribution >= 0.6 is 0 Å². The van der Waals surface area contributed by atoms with Crippen molar-refractivity contribution in [3.05, 3.63) is 0 Å². The smallest absolute Gasteiger partial charge is 0.319 e. The number of piperazine rings is 1. The van der Waals surface area contributed by atoms with Crippen LogP contribution in [0.5, 0.6) is 0 Å². The molecular formula is C13H23N3O3. The van der Waals surface area contributed by atoms with Gasteiger partial charge >= 0.3 is 5.97 Å². The average Bonchev–Trinajstić information content (AvgIpc) is 2.37. The van der Waals surface area contributed by atoms with E-state index in [4.69, 9.17) is 5.73 Å². The molecule has 1 amide bonds. The topological polar surface area (TPSA) is 75.9 Å². The van der Waals surface area contributed by atoms with E-state index in [9.17, 15) is 9.59 Å². The summed E-state index contributed by atoms with van der Waals surface area (Å²) < 4.78 is 4.64. The molecule has 108 valence electrons. The molecule has 1 saturated heterocycles. The Balaban J connectivity index is 1.73. The largest absolute Gasteiger partial charge is 0.468 e. The molecule has 0 atom stereocenters. The van der Waals surface area contributed by atoms with Gasteiger partial charge in [-0.05, 0) is 19.3 Å². The molecule has 2 N–H and O–H groups in total. The van der Waals surface area contributed by atoms with E-state index in [1.165, 1.54) is 7.11 Å². The predicted molar refractivity (Wildman–Crippen MR) is 70.4 cm³/mol. The van der Waals surface area contributed by atoms with E-state index in [2.05, 4.69) is 4.74 Å². The number of ether oxygens (including phenoxy) is 1. The number of hydrogen-bond donors (Lipinski definition) is 1. The number of carbonyl (C=O) groups excluding carboxylic acids is 2. The third-order valence-electron chi connectivity index (χ3n) is 4.16. The first-order chi connectivity index (χ1) is 9.02. The van der Waals surface area contributed by atoms with Gasteiger partial charge in [0.2, 0.25) is 5.91 Å². The monoisotopic (exact) mass is 269 g/mol. The highest BCUT2D eigenvalue weighted by atomic mass is 16.5.